The van der Waals surface area contributed by atoms with Crippen molar-refractivity contribution in [2.45, 2.75) is 32.3 Å². The molecule has 0 bridgehead atoms. The van der Waals surface area contributed by atoms with Gasteiger partial charge in [0.1, 0.15) is 5.82 Å². The molecule has 0 saturated carbocycles. The van der Waals surface area contributed by atoms with Crippen molar-refractivity contribution >= 4 is 0 Å². The Bertz CT molecular complexity index is 354. The van der Waals surface area contributed by atoms with Crippen molar-refractivity contribution in [3.05, 3.63) is 35.6 Å². The van der Waals surface area contributed by atoms with Crippen LogP contribution in [0.15, 0.2) is 24.3 Å². The van der Waals surface area contributed by atoms with Gasteiger partial charge in [0, 0.05) is 13.7 Å². The highest BCUT2D eigenvalue weighted by Gasteiger charge is 2.33. The Kier molecular flexibility index (Phi) is 5.09. The summed E-state index contributed by atoms with van der Waals surface area (Å²) in [5, 5.41) is 10.7. The van der Waals surface area contributed by atoms with E-state index in [2.05, 4.69) is 0 Å². The molecule has 0 aliphatic carbocycles. The zero-order valence-corrected chi connectivity index (χ0v) is 10.7. The van der Waals surface area contributed by atoms with Crippen molar-refractivity contribution in [3.8, 4) is 0 Å². The third-order valence-electron chi connectivity index (χ3n) is 3.43. The Morgan fingerprint density at radius 1 is 1.47 bits per heavy atom. The van der Waals surface area contributed by atoms with Gasteiger partial charge in [-0.3, -0.25) is 0 Å². The van der Waals surface area contributed by atoms with Gasteiger partial charge in [0.25, 0.3) is 0 Å². The monoisotopic (exact) mass is 240 g/mol. The lowest BCUT2D eigenvalue weighted by Gasteiger charge is -2.34. The maximum absolute atomic E-state index is 13.2. The molecule has 2 nitrogen and oxygen atoms in total. The minimum atomic E-state index is -0.985. The van der Waals surface area contributed by atoms with Gasteiger partial charge in [-0.15, -0.1) is 0 Å². The Morgan fingerprint density at radius 3 is 2.71 bits per heavy atom. The number of hydrogen-bond donors (Lipinski definition) is 1. The molecule has 0 amide bonds. The van der Waals surface area contributed by atoms with E-state index in [1.54, 1.807) is 19.2 Å². The molecule has 0 spiro atoms. The van der Waals surface area contributed by atoms with Crippen LogP contribution in [0, 0.1) is 11.7 Å². The average Bonchev–Trinajstić information content (AvgIpc) is 2.34. The smallest absolute Gasteiger partial charge is 0.123 e. The van der Waals surface area contributed by atoms with Crippen molar-refractivity contribution in [1.82, 2.24) is 0 Å². The first-order valence-electron chi connectivity index (χ1n) is 6.02. The van der Waals surface area contributed by atoms with Crippen LogP contribution in [-0.4, -0.2) is 18.8 Å². The van der Waals surface area contributed by atoms with Gasteiger partial charge in [0.05, 0.1) is 5.60 Å². The molecule has 2 unspecified atom stereocenters. The molecule has 1 aromatic carbocycles. The van der Waals surface area contributed by atoms with Gasteiger partial charge in [-0.1, -0.05) is 26.0 Å². The number of aliphatic hydroxyl groups is 1. The second-order valence-electron chi connectivity index (χ2n) is 4.47. The molecular weight excluding hydrogens is 219 g/mol. The molecule has 0 fully saturated rings. The highest BCUT2D eigenvalue weighted by atomic mass is 19.1. The first-order chi connectivity index (χ1) is 8.04. The van der Waals surface area contributed by atoms with Gasteiger partial charge in [-0.25, -0.2) is 4.39 Å². The molecule has 0 heterocycles. The van der Waals surface area contributed by atoms with Gasteiger partial charge in [0.2, 0.25) is 0 Å². The summed E-state index contributed by atoms with van der Waals surface area (Å²) in [6.07, 6.45) is 1.30. The number of halogens is 1. The number of rotatable bonds is 6. The fourth-order valence-corrected chi connectivity index (χ4v) is 2.13. The van der Waals surface area contributed by atoms with Gasteiger partial charge < -0.3 is 9.84 Å². The zero-order valence-electron chi connectivity index (χ0n) is 10.7. The van der Waals surface area contributed by atoms with Gasteiger partial charge >= 0.3 is 0 Å². The van der Waals surface area contributed by atoms with E-state index in [0.29, 0.717) is 18.6 Å². The summed E-state index contributed by atoms with van der Waals surface area (Å²) < 4.78 is 18.2. The molecule has 0 radical (unpaired) electrons. The van der Waals surface area contributed by atoms with E-state index in [4.69, 9.17) is 4.74 Å². The van der Waals surface area contributed by atoms with Crippen molar-refractivity contribution in [1.29, 1.82) is 0 Å². The molecule has 0 saturated heterocycles. The topological polar surface area (TPSA) is 29.5 Å². The second kappa shape index (κ2) is 6.12. The van der Waals surface area contributed by atoms with Gasteiger partial charge in [-0.2, -0.15) is 0 Å². The third kappa shape index (κ3) is 3.27. The van der Waals surface area contributed by atoms with E-state index in [-0.39, 0.29) is 11.7 Å². The molecule has 0 aliphatic rings. The van der Waals surface area contributed by atoms with Crippen LogP contribution in [0.1, 0.15) is 32.3 Å². The van der Waals surface area contributed by atoms with E-state index < -0.39 is 5.60 Å². The van der Waals surface area contributed by atoms with E-state index in [9.17, 15) is 9.50 Å². The molecule has 1 N–H and O–H groups in total. The average molecular weight is 240 g/mol. The number of hydrogen-bond acceptors (Lipinski definition) is 2. The Hall–Kier alpha value is -0.930. The van der Waals surface area contributed by atoms with Crippen LogP contribution in [0.25, 0.3) is 0 Å². The van der Waals surface area contributed by atoms with Crippen LogP contribution < -0.4 is 0 Å². The minimum Gasteiger partial charge on any atom is -0.385 e. The third-order valence-corrected chi connectivity index (χ3v) is 3.43. The van der Waals surface area contributed by atoms with E-state index in [0.717, 1.165) is 6.42 Å². The Balaban J connectivity index is 2.94. The summed E-state index contributed by atoms with van der Waals surface area (Å²) in [6, 6.07) is 6.20. The number of ether oxygens (including phenoxy) is 1. The molecule has 1 aromatic rings. The standard InChI is InChI=1S/C14H21FO2/c1-4-14(16,11(2)8-9-17-3)12-6-5-7-13(15)10-12/h5-7,10-11,16H,4,8-9H2,1-3H3. The van der Waals surface area contributed by atoms with Crippen LogP contribution in [0.5, 0.6) is 0 Å². The number of benzene rings is 1. The van der Waals surface area contributed by atoms with Crippen molar-refractivity contribution < 1.29 is 14.2 Å². The highest BCUT2D eigenvalue weighted by molar-refractivity contribution is 5.24. The van der Waals surface area contributed by atoms with Crippen LogP contribution in [0.3, 0.4) is 0 Å². The van der Waals surface area contributed by atoms with Crippen LogP contribution in [-0.2, 0) is 10.3 Å². The predicted octanol–water partition coefficient (Wildman–Crippen LogP) is 3.10. The summed E-state index contributed by atoms with van der Waals surface area (Å²) >= 11 is 0. The van der Waals surface area contributed by atoms with Crippen molar-refractivity contribution in [2.75, 3.05) is 13.7 Å². The minimum absolute atomic E-state index is 0.0225. The van der Waals surface area contributed by atoms with Crippen molar-refractivity contribution in [2.24, 2.45) is 5.92 Å². The lowest BCUT2D eigenvalue weighted by Crippen LogP contribution is -2.33. The second-order valence-corrected chi connectivity index (χ2v) is 4.47. The zero-order chi connectivity index (χ0) is 12.9. The molecule has 1 rings (SSSR count). The normalized spacial score (nSPS) is 16.5. The lowest BCUT2D eigenvalue weighted by molar-refractivity contribution is -0.0316. The summed E-state index contributed by atoms with van der Waals surface area (Å²) in [6.45, 7) is 4.47. The van der Waals surface area contributed by atoms with Crippen LogP contribution in [0.2, 0.25) is 0 Å². The maximum Gasteiger partial charge on any atom is 0.123 e. The molecule has 96 valence electrons. The van der Waals surface area contributed by atoms with Gasteiger partial charge in [0.15, 0.2) is 0 Å². The fourth-order valence-electron chi connectivity index (χ4n) is 2.13. The van der Waals surface area contributed by atoms with Crippen molar-refractivity contribution in [3.63, 3.8) is 0 Å². The molecule has 17 heavy (non-hydrogen) atoms. The molecule has 0 aromatic heterocycles. The molecular formula is C14H21FO2. The Labute approximate surface area is 102 Å². The lowest BCUT2D eigenvalue weighted by atomic mass is 9.79. The summed E-state index contributed by atoms with van der Waals surface area (Å²) in [4.78, 5) is 0. The SMILES string of the molecule is CCC(O)(c1cccc(F)c1)C(C)CCOC. The first-order valence-corrected chi connectivity index (χ1v) is 6.02. The maximum atomic E-state index is 13.2. The first kappa shape index (κ1) is 14.1. The summed E-state index contributed by atoms with van der Waals surface area (Å²) in [5.41, 5.74) is -0.343. The van der Waals surface area contributed by atoms with E-state index in [1.165, 1.54) is 12.1 Å². The molecule has 3 heteroatoms. The highest BCUT2D eigenvalue weighted by Crippen LogP contribution is 2.35. The fraction of sp³-hybridized carbons (Fsp3) is 0.571. The van der Waals surface area contributed by atoms with E-state index in [1.807, 2.05) is 13.8 Å². The predicted molar refractivity (Wildman–Crippen MR) is 66.2 cm³/mol. The van der Waals surface area contributed by atoms with Crippen LogP contribution in [0.4, 0.5) is 4.39 Å². The Morgan fingerprint density at radius 2 is 2.18 bits per heavy atom. The summed E-state index contributed by atoms with van der Waals surface area (Å²) in [5.74, 6) is -0.289. The molecule has 2 atom stereocenters. The number of methoxy groups -OCH3 is 1. The van der Waals surface area contributed by atoms with Crippen LogP contribution >= 0.6 is 0 Å². The largest absolute Gasteiger partial charge is 0.385 e. The molecule has 0 aliphatic heterocycles. The summed E-state index contributed by atoms with van der Waals surface area (Å²) in [7, 11) is 1.64. The van der Waals surface area contributed by atoms with E-state index >= 15 is 0 Å². The van der Waals surface area contributed by atoms with Gasteiger partial charge in [-0.05, 0) is 36.5 Å². The quantitative estimate of drug-likeness (QED) is 0.828.